The first kappa shape index (κ1) is 51.1. The second-order valence-electron chi connectivity index (χ2n) is 14.7. The Morgan fingerprint density at radius 1 is 0.746 bits per heavy atom. The molecule has 330 valence electrons. The quantitative estimate of drug-likeness (QED) is 0.0285. The molecule has 59 heavy (non-hydrogen) atoms. The summed E-state index contributed by atoms with van der Waals surface area (Å²) in [6, 6.07) is -7.79. The number of carbonyl (C=O) groups excluding carboxylic acids is 9. The molecule has 0 radical (unpaired) electrons. The Bertz CT molecular complexity index is 1580. The molecule has 0 aliphatic carbocycles. The summed E-state index contributed by atoms with van der Waals surface area (Å²) in [5.74, 6) is -11.4. The lowest BCUT2D eigenvalue weighted by Gasteiger charge is -2.33. The van der Waals surface area contributed by atoms with Gasteiger partial charge in [0.1, 0.15) is 43.4 Å². The van der Waals surface area contributed by atoms with Gasteiger partial charge in [-0.25, -0.2) is 0 Å². The minimum atomic E-state index is -1.53. The number of ether oxygens (including phenoxy) is 1. The third kappa shape index (κ3) is 17.6. The molecule has 21 heteroatoms. The third-order valence-electron chi connectivity index (χ3n) is 9.13. The Hall–Kier alpha value is -5.89. The normalized spacial score (nSPS) is 16.0. The van der Waals surface area contributed by atoms with E-state index in [-0.39, 0.29) is 32.4 Å². The van der Waals surface area contributed by atoms with Crippen LogP contribution in [0.15, 0.2) is 12.7 Å². The predicted molar refractivity (Wildman–Crippen MR) is 208 cm³/mol. The first-order valence-corrected chi connectivity index (χ1v) is 19.5. The molecule has 6 atom stereocenters. The summed E-state index contributed by atoms with van der Waals surface area (Å²) in [4.78, 5) is 141. The summed E-state index contributed by atoms with van der Waals surface area (Å²) in [5.41, 5.74) is 0. The Morgan fingerprint density at radius 2 is 1.29 bits per heavy atom. The van der Waals surface area contributed by atoms with Crippen LogP contribution in [0.4, 0.5) is 0 Å². The summed E-state index contributed by atoms with van der Waals surface area (Å²) in [6.07, 6.45) is 0.544. The molecule has 8 N–H and O–H groups in total. The van der Waals surface area contributed by atoms with Crippen LogP contribution in [0.25, 0.3) is 0 Å². The van der Waals surface area contributed by atoms with Crippen molar-refractivity contribution in [3.05, 3.63) is 12.7 Å². The minimum Gasteiger partial charge on any atom is -0.481 e. The van der Waals surface area contributed by atoms with Gasteiger partial charge in [-0.3, -0.25) is 52.7 Å². The molecule has 21 nitrogen and oxygen atoms in total. The summed E-state index contributed by atoms with van der Waals surface area (Å²) < 4.78 is 4.77. The van der Waals surface area contributed by atoms with Crippen molar-refractivity contribution in [3.63, 3.8) is 0 Å². The number of esters is 1. The topological polar surface area (TPSA) is 313 Å². The van der Waals surface area contributed by atoms with Crippen LogP contribution in [0.1, 0.15) is 92.9 Å². The smallest absolute Gasteiger partial charge is 0.325 e. The van der Waals surface area contributed by atoms with Gasteiger partial charge in [0.05, 0.1) is 6.04 Å². The monoisotopic (exact) mass is 837 g/mol. The van der Waals surface area contributed by atoms with E-state index in [1.165, 1.54) is 11.0 Å². The lowest BCUT2D eigenvalue weighted by atomic mass is 9.98. The third-order valence-corrected chi connectivity index (χ3v) is 9.13. The second kappa shape index (κ2) is 25.5. The van der Waals surface area contributed by atoms with Crippen molar-refractivity contribution < 1.29 is 67.7 Å². The number of carbonyl (C=O) groups is 11. The minimum absolute atomic E-state index is 0.0774. The molecule has 1 heterocycles. The number of hydrogen-bond acceptors (Lipinski definition) is 12. The molecule has 0 bridgehead atoms. The fourth-order valence-electron chi connectivity index (χ4n) is 6.04. The summed E-state index contributed by atoms with van der Waals surface area (Å²) in [5, 5.41) is 32.9. The van der Waals surface area contributed by atoms with E-state index >= 15 is 0 Å². The lowest BCUT2D eigenvalue weighted by molar-refractivity contribution is -0.146. The number of carboxylic acids is 2. The molecule has 1 aliphatic rings. The Morgan fingerprint density at radius 3 is 1.80 bits per heavy atom. The molecular weight excluding hydrogens is 778 g/mol. The van der Waals surface area contributed by atoms with Gasteiger partial charge in [-0.2, -0.15) is 0 Å². The van der Waals surface area contributed by atoms with Crippen LogP contribution in [0.5, 0.6) is 0 Å². The van der Waals surface area contributed by atoms with E-state index in [0.29, 0.717) is 12.8 Å². The number of ketones is 1. The number of carboxylic acid groups (broad SMARTS) is 2. The van der Waals surface area contributed by atoms with Gasteiger partial charge in [-0.1, -0.05) is 53.7 Å². The van der Waals surface area contributed by atoms with Gasteiger partial charge in [-0.05, 0) is 43.9 Å². The first-order chi connectivity index (χ1) is 27.6. The van der Waals surface area contributed by atoms with Crippen molar-refractivity contribution in [1.29, 1.82) is 0 Å². The van der Waals surface area contributed by atoms with Gasteiger partial charge in [0.2, 0.25) is 41.2 Å². The number of aliphatic carboxylic acids is 2. The van der Waals surface area contributed by atoms with E-state index in [4.69, 9.17) is 9.84 Å². The highest BCUT2D eigenvalue weighted by Gasteiger charge is 2.41. The predicted octanol–water partition coefficient (Wildman–Crippen LogP) is -1.32. The van der Waals surface area contributed by atoms with Crippen molar-refractivity contribution in [1.82, 2.24) is 36.8 Å². The van der Waals surface area contributed by atoms with Crippen LogP contribution < -0.4 is 31.9 Å². The van der Waals surface area contributed by atoms with E-state index in [9.17, 15) is 57.8 Å². The van der Waals surface area contributed by atoms with Crippen LogP contribution in [-0.4, -0.2) is 136 Å². The maximum atomic E-state index is 14.0. The Balaban J connectivity index is 3.20. The largest absolute Gasteiger partial charge is 0.481 e. The van der Waals surface area contributed by atoms with Crippen LogP contribution in [-0.2, 0) is 57.5 Å². The molecule has 0 aromatic heterocycles. The number of hydrogen-bond donors (Lipinski definition) is 8. The summed E-state index contributed by atoms with van der Waals surface area (Å²) >= 11 is 0. The van der Waals surface area contributed by atoms with Crippen molar-refractivity contribution >= 4 is 65.0 Å². The molecule has 1 unspecified atom stereocenters. The molecular formula is C38H59N7O14. The first-order valence-electron chi connectivity index (χ1n) is 19.5. The van der Waals surface area contributed by atoms with Gasteiger partial charge >= 0.3 is 17.9 Å². The highest BCUT2D eigenvalue weighted by atomic mass is 16.5. The fourth-order valence-corrected chi connectivity index (χ4v) is 6.04. The zero-order valence-corrected chi connectivity index (χ0v) is 34.4. The molecule has 0 aromatic rings. The number of Topliss-reactive ketones (excluding diaryl/α,β-unsaturated/α-hetero) is 1. The van der Waals surface area contributed by atoms with Gasteiger partial charge in [0.15, 0.2) is 0 Å². The van der Waals surface area contributed by atoms with E-state index in [1.807, 2.05) is 0 Å². The average Bonchev–Trinajstić information content (AvgIpc) is 3.66. The van der Waals surface area contributed by atoms with Crippen molar-refractivity contribution in [3.8, 4) is 0 Å². The highest BCUT2D eigenvalue weighted by Crippen LogP contribution is 2.21. The van der Waals surface area contributed by atoms with Crippen LogP contribution in [0.2, 0.25) is 0 Å². The Labute approximate surface area is 342 Å². The van der Waals surface area contributed by atoms with Gasteiger partial charge in [-0.15, -0.1) is 0 Å². The maximum absolute atomic E-state index is 14.0. The zero-order chi connectivity index (χ0) is 45.0. The zero-order valence-electron chi connectivity index (χ0n) is 34.4. The second-order valence-corrected chi connectivity index (χ2v) is 14.7. The number of nitrogens with zero attached hydrogens (tertiary/aromatic N) is 1. The molecule has 1 rings (SSSR count). The highest BCUT2D eigenvalue weighted by molar-refractivity contribution is 6.38. The van der Waals surface area contributed by atoms with E-state index in [0.717, 1.165) is 6.92 Å². The van der Waals surface area contributed by atoms with E-state index in [2.05, 4.69) is 38.5 Å². The van der Waals surface area contributed by atoms with E-state index in [1.54, 1.807) is 34.6 Å². The maximum Gasteiger partial charge on any atom is 0.325 e. The molecule has 0 aromatic carbocycles. The van der Waals surface area contributed by atoms with Gasteiger partial charge in [0.25, 0.3) is 5.91 Å². The molecule has 1 saturated heterocycles. The summed E-state index contributed by atoms with van der Waals surface area (Å²) in [7, 11) is 0. The molecule has 0 saturated carbocycles. The standard InChI is InChI=1S/C38H59N7O14/c1-8-11-23(32(52)37(57)39-19-29(51)59-18-9-2)41-35(55)26-12-10-17-45(26)38(58)31(21(5)6)44-36(56)30(20(3)4)43-34(54)25(14-16-28(49)50)42-33(53)24(40-22(7)46)13-15-27(47)48/h9,20-21,23-26,30-31H,2,8,10-19H2,1,3-7H3,(H,39,57)(H,40,46)(H,41,55)(H,42,53)(H,43,54)(H,44,56)(H,47,48)(H,49,50)/t23?,24-,25-,26-,30-,31-/m0/s1. The average molecular weight is 838 g/mol. The lowest BCUT2D eigenvalue weighted by Crippen LogP contribution is -2.61. The number of nitrogens with one attached hydrogen (secondary N) is 6. The number of likely N-dealkylation sites (tertiary alicyclic amines) is 1. The van der Waals surface area contributed by atoms with E-state index < -0.39 is 139 Å². The van der Waals surface area contributed by atoms with Crippen LogP contribution in [0.3, 0.4) is 0 Å². The molecule has 1 aliphatic heterocycles. The number of rotatable bonds is 26. The summed E-state index contributed by atoms with van der Waals surface area (Å²) in [6.45, 7) is 12.1. The van der Waals surface area contributed by atoms with Crippen molar-refractivity contribution in [2.24, 2.45) is 11.8 Å². The van der Waals surface area contributed by atoms with Crippen molar-refractivity contribution in [2.75, 3.05) is 19.7 Å². The molecule has 1 fully saturated rings. The number of amides is 7. The Kier molecular flexibility index (Phi) is 22.1. The SMILES string of the molecule is C=CCOC(=O)CNC(=O)C(=O)C(CCC)NC(=O)[C@@H]1CCCN1C(=O)[C@@H](NC(=O)[C@@H](NC(=O)[C@H](CCC(=O)O)NC(=O)[C@H](CCC(=O)O)NC(C)=O)C(C)C)C(C)C. The molecule has 7 amide bonds. The fraction of sp³-hybridized carbons (Fsp3) is 0.658. The van der Waals surface area contributed by atoms with Crippen LogP contribution >= 0.6 is 0 Å². The molecule has 0 spiro atoms. The van der Waals surface area contributed by atoms with Gasteiger partial charge < -0.3 is 51.8 Å². The van der Waals surface area contributed by atoms with Crippen LogP contribution in [0, 0.1) is 11.8 Å². The van der Waals surface area contributed by atoms with Gasteiger partial charge in [0, 0.05) is 26.3 Å². The van der Waals surface area contributed by atoms with Crippen molar-refractivity contribution in [2.45, 2.75) is 129 Å².